The summed E-state index contributed by atoms with van der Waals surface area (Å²) in [5.74, 6) is 0. The van der Waals surface area contributed by atoms with Gasteiger partial charge in [-0.15, -0.1) is 0 Å². The third-order valence-electron chi connectivity index (χ3n) is 2.18. The molecule has 1 aromatic heterocycles. The van der Waals surface area contributed by atoms with Crippen LogP contribution in [0.25, 0.3) is 0 Å². The van der Waals surface area contributed by atoms with E-state index in [1.165, 1.54) is 5.56 Å². The van der Waals surface area contributed by atoms with Gasteiger partial charge in [0.25, 0.3) is 0 Å². The fraction of sp³-hybridized carbons (Fsp3) is 0.700. The molecular weight excluding hydrogens is 176 g/mol. The van der Waals surface area contributed by atoms with Gasteiger partial charge in [0.1, 0.15) is 0 Å². The summed E-state index contributed by atoms with van der Waals surface area (Å²) >= 11 is 0. The predicted octanol–water partition coefficient (Wildman–Crippen LogP) is 0.589. The van der Waals surface area contributed by atoms with Gasteiger partial charge in [0.2, 0.25) is 0 Å². The van der Waals surface area contributed by atoms with Crippen molar-refractivity contribution in [3.8, 4) is 0 Å². The minimum atomic E-state index is 0.284. The molecule has 0 amide bonds. The Kier molecular flexibility index (Phi) is 4.10. The van der Waals surface area contributed by atoms with Crippen LogP contribution in [-0.2, 0) is 13.6 Å². The van der Waals surface area contributed by atoms with Gasteiger partial charge in [-0.3, -0.25) is 4.68 Å². The van der Waals surface area contributed by atoms with E-state index in [1.54, 1.807) is 0 Å². The van der Waals surface area contributed by atoms with Crippen molar-refractivity contribution in [2.45, 2.75) is 25.9 Å². The Morgan fingerprint density at radius 2 is 2.36 bits per heavy atom. The highest BCUT2D eigenvalue weighted by molar-refractivity contribution is 5.02. The molecule has 0 aliphatic rings. The molecule has 0 bridgehead atoms. The van der Waals surface area contributed by atoms with Gasteiger partial charge in [-0.2, -0.15) is 5.10 Å². The molecule has 0 aliphatic carbocycles. The highest BCUT2D eigenvalue weighted by atomic mass is 15.2. The second-order valence-electron chi connectivity index (χ2n) is 4.03. The van der Waals surface area contributed by atoms with Crippen LogP contribution in [0.4, 0.5) is 0 Å². The van der Waals surface area contributed by atoms with E-state index in [4.69, 9.17) is 5.73 Å². The third-order valence-corrected chi connectivity index (χ3v) is 2.18. The van der Waals surface area contributed by atoms with Crippen LogP contribution in [0.15, 0.2) is 12.4 Å². The first-order valence-electron chi connectivity index (χ1n) is 4.99. The van der Waals surface area contributed by atoms with E-state index >= 15 is 0 Å². The minimum Gasteiger partial charge on any atom is -0.328 e. The van der Waals surface area contributed by atoms with E-state index in [-0.39, 0.29) is 6.04 Å². The van der Waals surface area contributed by atoms with Crippen molar-refractivity contribution in [3.05, 3.63) is 18.0 Å². The first kappa shape index (κ1) is 11.2. The summed E-state index contributed by atoms with van der Waals surface area (Å²) in [7, 11) is 4.04. The maximum atomic E-state index is 5.70. The van der Waals surface area contributed by atoms with Crippen LogP contribution >= 0.6 is 0 Å². The molecule has 2 N–H and O–H groups in total. The van der Waals surface area contributed by atoms with Gasteiger partial charge in [0, 0.05) is 31.4 Å². The Bertz CT molecular complexity index is 267. The Morgan fingerprint density at radius 1 is 1.64 bits per heavy atom. The Morgan fingerprint density at radius 3 is 2.86 bits per heavy atom. The van der Waals surface area contributed by atoms with Gasteiger partial charge in [-0.25, -0.2) is 0 Å². The number of aryl methyl sites for hydroxylation is 1. The molecule has 0 radical (unpaired) electrons. The molecule has 0 aliphatic heterocycles. The topological polar surface area (TPSA) is 47.1 Å². The molecule has 1 rings (SSSR count). The average Bonchev–Trinajstić information content (AvgIpc) is 2.48. The lowest BCUT2D eigenvalue weighted by molar-refractivity contribution is 0.313. The van der Waals surface area contributed by atoms with Gasteiger partial charge in [0.05, 0.1) is 6.20 Å². The Labute approximate surface area is 85.7 Å². The summed E-state index contributed by atoms with van der Waals surface area (Å²) in [4.78, 5) is 2.26. The zero-order valence-electron chi connectivity index (χ0n) is 9.27. The van der Waals surface area contributed by atoms with E-state index in [0.717, 1.165) is 19.5 Å². The SMILES string of the molecule is CC(N)CCN(C)Cc1cnn(C)c1. The maximum absolute atomic E-state index is 5.70. The first-order chi connectivity index (χ1) is 6.58. The summed E-state index contributed by atoms with van der Waals surface area (Å²) in [6, 6.07) is 0.284. The largest absolute Gasteiger partial charge is 0.328 e. The average molecular weight is 196 g/mol. The first-order valence-corrected chi connectivity index (χ1v) is 4.99. The Balaban J connectivity index is 2.30. The molecule has 0 aromatic carbocycles. The van der Waals surface area contributed by atoms with Crippen LogP contribution in [0.2, 0.25) is 0 Å². The van der Waals surface area contributed by atoms with Gasteiger partial charge < -0.3 is 10.6 Å². The second kappa shape index (κ2) is 5.12. The van der Waals surface area contributed by atoms with Crippen molar-refractivity contribution >= 4 is 0 Å². The quantitative estimate of drug-likeness (QED) is 0.749. The lowest BCUT2D eigenvalue weighted by atomic mass is 10.2. The third kappa shape index (κ3) is 3.89. The summed E-state index contributed by atoms with van der Waals surface area (Å²) in [6.07, 6.45) is 4.99. The second-order valence-corrected chi connectivity index (χ2v) is 4.03. The summed E-state index contributed by atoms with van der Waals surface area (Å²) < 4.78 is 1.83. The lowest BCUT2D eigenvalue weighted by Crippen LogP contribution is -2.25. The molecule has 4 nitrogen and oxygen atoms in total. The number of aromatic nitrogens is 2. The molecule has 1 heterocycles. The van der Waals surface area contributed by atoms with Crippen LogP contribution < -0.4 is 5.73 Å². The summed E-state index contributed by atoms with van der Waals surface area (Å²) in [5.41, 5.74) is 6.94. The number of hydrogen-bond acceptors (Lipinski definition) is 3. The van der Waals surface area contributed by atoms with Crippen molar-refractivity contribution < 1.29 is 0 Å². The highest BCUT2D eigenvalue weighted by Gasteiger charge is 2.03. The van der Waals surface area contributed by atoms with Crippen LogP contribution in [-0.4, -0.2) is 34.3 Å². The molecule has 1 atom stereocenters. The molecule has 1 unspecified atom stereocenters. The molecule has 4 heteroatoms. The zero-order valence-corrected chi connectivity index (χ0v) is 9.27. The minimum absolute atomic E-state index is 0.284. The number of rotatable bonds is 5. The zero-order chi connectivity index (χ0) is 10.6. The Hall–Kier alpha value is -0.870. The number of nitrogens with zero attached hydrogens (tertiary/aromatic N) is 3. The van der Waals surface area contributed by atoms with Crippen LogP contribution in [0.5, 0.6) is 0 Å². The predicted molar refractivity (Wildman–Crippen MR) is 57.8 cm³/mol. The molecule has 1 aromatic rings. The van der Waals surface area contributed by atoms with Gasteiger partial charge >= 0.3 is 0 Å². The molecular formula is C10H20N4. The van der Waals surface area contributed by atoms with E-state index in [1.807, 2.05) is 31.0 Å². The fourth-order valence-corrected chi connectivity index (χ4v) is 1.37. The molecule has 0 spiro atoms. The lowest BCUT2D eigenvalue weighted by Gasteiger charge is -2.16. The number of hydrogen-bond donors (Lipinski definition) is 1. The van der Waals surface area contributed by atoms with Gasteiger partial charge in [-0.05, 0) is 26.9 Å². The van der Waals surface area contributed by atoms with Crippen molar-refractivity contribution in [1.82, 2.24) is 14.7 Å². The van der Waals surface area contributed by atoms with Crippen molar-refractivity contribution in [2.24, 2.45) is 12.8 Å². The fourth-order valence-electron chi connectivity index (χ4n) is 1.37. The summed E-state index contributed by atoms with van der Waals surface area (Å²) in [6.45, 7) is 4.02. The molecule has 0 saturated heterocycles. The maximum Gasteiger partial charge on any atom is 0.0534 e. The smallest absolute Gasteiger partial charge is 0.0534 e. The normalized spacial score (nSPS) is 13.5. The number of nitrogens with two attached hydrogens (primary N) is 1. The van der Waals surface area contributed by atoms with Gasteiger partial charge in [-0.1, -0.05) is 0 Å². The van der Waals surface area contributed by atoms with Crippen LogP contribution in [0.1, 0.15) is 18.9 Å². The van der Waals surface area contributed by atoms with Crippen molar-refractivity contribution in [2.75, 3.05) is 13.6 Å². The highest BCUT2D eigenvalue weighted by Crippen LogP contribution is 2.02. The molecule has 0 saturated carbocycles. The summed E-state index contributed by atoms with van der Waals surface area (Å²) in [5, 5.41) is 4.13. The molecule has 0 fully saturated rings. The van der Waals surface area contributed by atoms with Crippen LogP contribution in [0.3, 0.4) is 0 Å². The molecule has 80 valence electrons. The van der Waals surface area contributed by atoms with E-state index in [0.29, 0.717) is 0 Å². The van der Waals surface area contributed by atoms with Crippen molar-refractivity contribution in [3.63, 3.8) is 0 Å². The van der Waals surface area contributed by atoms with E-state index in [2.05, 4.69) is 17.0 Å². The monoisotopic (exact) mass is 196 g/mol. The standard InChI is InChI=1S/C10H20N4/c1-9(11)4-5-13(2)7-10-6-12-14(3)8-10/h6,8-9H,4-5,7,11H2,1-3H3. The van der Waals surface area contributed by atoms with Gasteiger partial charge in [0.15, 0.2) is 0 Å². The van der Waals surface area contributed by atoms with E-state index < -0.39 is 0 Å². The van der Waals surface area contributed by atoms with Crippen molar-refractivity contribution in [1.29, 1.82) is 0 Å². The van der Waals surface area contributed by atoms with E-state index in [9.17, 15) is 0 Å². The molecule has 14 heavy (non-hydrogen) atoms. The van der Waals surface area contributed by atoms with Crippen LogP contribution in [0, 0.1) is 0 Å².